The van der Waals surface area contributed by atoms with Gasteiger partial charge >= 0.3 is 5.97 Å². The van der Waals surface area contributed by atoms with Crippen LogP contribution >= 0.6 is 7.82 Å². The summed E-state index contributed by atoms with van der Waals surface area (Å²) in [6.45, 7) is 6.88. The van der Waals surface area contributed by atoms with Crippen molar-refractivity contribution in [2.24, 2.45) is 0 Å². The third kappa shape index (κ3) is 62.8. The summed E-state index contributed by atoms with van der Waals surface area (Å²) in [6, 6.07) is -0.886. The topological polar surface area (TPSA) is 114 Å². The minimum absolute atomic E-state index is 0.0196. The summed E-state index contributed by atoms with van der Waals surface area (Å²) >= 11 is 0. The zero-order chi connectivity index (χ0) is 60.0. The van der Waals surface area contributed by atoms with Crippen molar-refractivity contribution in [3.05, 3.63) is 36.5 Å². The third-order valence-electron chi connectivity index (χ3n) is 16.3. The first-order valence-electron chi connectivity index (χ1n) is 35.8. The van der Waals surface area contributed by atoms with Crippen molar-refractivity contribution in [1.82, 2.24) is 5.32 Å². The van der Waals surface area contributed by atoms with Crippen LogP contribution in [0.15, 0.2) is 36.5 Å². The van der Waals surface area contributed by atoms with E-state index >= 15 is 0 Å². The number of likely N-dealkylation sites (N-methyl/N-ethyl adjacent to an activating group) is 1. The second kappa shape index (κ2) is 62.3. The number of hydrogen-bond acceptors (Lipinski definition) is 7. The van der Waals surface area contributed by atoms with Crippen LogP contribution in [0, 0.1) is 0 Å². The fourth-order valence-electron chi connectivity index (χ4n) is 10.8. The number of ether oxygens (including phenoxy) is 1. The molecule has 0 aromatic heterocycles. The van der Waals surface area contributed by atoms with Crippen LogP contribution in [-0.2, 0) is 27.9 Å². The quantitative estimate of drug-likeness (QED) is 0.0212. The van der Waals surface area contributed by atoms with Gasteiger partial charge < -0.3 is 28.5 Å². The van der Waals surface area contributed by atoms with Gasteiger partial charge in [-0.05, 0) is 63.9 Å². The summed E-state index contributed by atoms with van der Waals surface area (Å²) in [5.74, 6) is -0.523. The zero-order valence-corrected chi connectivity index (χ0v) is 56.4. The van der Waals surface area contributed by atoms with Crippen molar-refractivity contribution < 1.29 is 37.3 Å². The Labute approximate surface area is 510 Å². The van der Waals surface area contributed by atoms with Gasteiger partial charge in [-0.2, -0.15) is 0 Å². The van der Waals surface area contributed by atoms with Crippen LogP contribution in [0.5, 0.6) is 0 Å². The molecule has 0 heterocycles. The van der Waals surface area contributed by atoms with Gasteiger partial charge in [-0.15, -0.1) is 0 Å². The minimum atomic E-state index is -4.70. The molecule has 0 aliphatic carbocycles. The second-order valence-corrected chi connectivity index (χ2v) is 27.2. The number of carbonyl (C=O) groups excluding carboxylic acids is 2. The second-order valence-electron chi connectivity index (χ2n) is 25.7. The van der Waals surface area contributed by atoms with E-state index in [1.807, 2.05) is 33.3 Å². The summed E-state index contributed by atoms with van der Waals surface area (Å²) in [7, 11) is 1.20. The lowest BCUT2D eigenvalue weighted by atomic mass is 10.0. The van der Waals surface area contributed by atoms with Gasteiger partial charge in [0.15, 0.2) is 0 Å². The van der Waals surface area contributed by atoms with Gasteiger partial charge in [-0.1, -0.05) is 321 Å². The number of esters is 1. The molecule has 3 atom stereocenters. The number of nitrogens with zero attached hydrogens (tertiary/aromatic N) is 1. The Balaban J connectivity index is 5.04. The lowest BCUT2D eigenvalue weighted by Crippen LogP contribution is -2.47. The lowest BCUT2D eigenvalue weighted by Gasteiger charge is -2.30. The zero-order valence-electron chi connectivity index (χ0n) is 55.5. The molecule has 9 nitrogen and oxygen atoms in total. The first-order chi connectivity index (χ1) is 39.9. The Morgan fingerprint density at radius 2 is 0.744 bits per heavy atom. The van der Waals surface area contributed by atoms with E-state index in [0.29, 0.717) is 17.4 Å². The van der Waals surface area contributed by atoms with E-state index in [9.17, 15) is 19.0 Å². The van der Waals surface area contributed by atoms with Crippen LogP contribution in [0.4, 0.5) is 0 Å². The Morgan fingerprint density at radius 1 is 0.427 bits per heavy atom. The smallest absolute Gasteiger partial charge is 0.306 e. The van der Waals surface area contributed by atoms with Gasteiger partial charge in [0.05, 0.1) is 33.8 Å². The maximum atomic E-state index is 13.6. The Bertz CT molecular complexity index is 1500. The Hall–Kier alpha value is -1.77. The number of unbranched alkanes of at least 4 members (excludes halogenated alkanes) is 46. The first kappa shape index (κ1) is 80.2. The fourth-order valence-corrected chi connectivity index (χ4v) is 11.5. The predicted molar refractivity (Wildman–Crippen MR) is 353 cm³/mol. The molecule has 0 bridgehead atoms. The van der Waals surface area contributed by atoms with Gasteiger partial charge in [0.1, 0.15) is 19.3 Å². The van der Waals surface area contributed by atoms with Crippen LogP contribution in [0.2, 0.25) is 0 Å². The molecule has 484 valence electrons. The van der Waals surface area contributed by atoms with Crippen molar-refractivity contribution in [1.29, 1.82) is 0 Å². The van der Waals surface area contributed by atoms with E-state index < -0.39 is 20.0 Å². The number of amides is 1. The number of phosphoric ester groups is 1. The first-order valence-corrected chi connectivity index (χ1v) is 37.3. The van der Waals surface area contributed by atoms with Crippen molar-refractivity contribution in [2.75, 3.05) is 40.9 Å². The van der Waals surface area contributed by atoms with Gasteiger partial charge in [-0.25, -0.2) is 0 Å². The number of rotatable bonds is 66. The highest BCUT2D eigenvalue weighted by atomic mass is 31.2. The van der Waals surface area contributed by atoms with Crippen molar-refractivity contribution in [2.45, 2.75) is 373 Å². The summed E-state index contributed by atoms with van der Waals surface area (Å²) in [5, 5.41) is 3.05. The SMILES string of the molecule is CCCCC/C=C\C/C=C\CCCCCCCCCCCCCC(=O)OC(/C=C/CCCCCCCCCCCC)C(COP(=O)([O-])OCC[N+](C)(C)C)NC(=O)CCCCCCCCCCCCCCCCCCCCCCCCC. The van der Waals surface area contributed by atoms with E-state index in [4.69, 9.17) is 13.8 Å². The molecule has 0 aliphatic heterocycles. The summed E-state index contributed by atoms with van der Waals surface area (Å²) in [4.78, 5) is 40.2. The molecular formula is C72H139N2O7P. The van der Waals surface area contributed by atoms with Crippen LogP contribution in [0.3, 0.4) is 0 Å². The molecule has 3 unspecified atom stereocenters. The Kier molecular flexibility index (Phi) is 60.9. The van der Waals surface area contributed by atoms with Crippen molar-refractivity contribution in [3.63, 3.8) is 0 Å². The van der Waals surface area contributed by atoms with Gasteiger partial charge in [0.2, 0.25) is 5.91 Å². The number of quaternary nitrogens is 1. The largest absolute Gasteiger partial charge is 0.756 e. The lowest BCUT2D eigenvalue weighted by molar-refractivity contribution is -0.870. The maximum absolute atomic E-state index is 13.6. The molecule has 0 spiro atoms. The number of allylic oxidation sites excluding steroid dienone is 5. The van der Waals surface area contributed by atoms with Crippen LogP contribution in [0.25, 0.3) is 0 Å². The highest BCUT2D eigenvalue weighted by Gasteiger charge is 2.27. The molecule has 0 rings (SSSR count). The number of carbonyl (C=O) groups is 2. The minimum Gasteiger partial charge on any atom is -0.756 e. The third-order valence-corrected chi connectivity index (χ3v) is 17.3. The average molecular weight is 1180 g/mol. The highest BCUT2D eigenvalue weighted by molar-refractivity contribution is 7.45. The van der Waals surface area contributed by atoms with Gasteiger partial charge in [0.25, 0.3) is 7.82 Å². The average Bonchev–Trinajstić information content (AvgIpc) is 3.44. The molecule has 0 radical (unpaired) electrons. The van der Waals surface area contributed by atoms with Gasteiger partial charge in [-0.3, -0.25) is 14.2 Å². The monoisotopic (exact) mass is 1180 g/mol. The molecule has 82 heavy (non-hydrogen) atoms. The summed E-state index contributed by atoms with van der Waals surface area (Å²) < 4.78 is 30.5. The molecular weight excluding hydrogens is 1040 g/mol. The van der Waals surface area contributed by atoms with E-state index in [1.165, 1.54) is 263 Å². The van der Waals surface area contributed by atoms with E-state index in [-0.39, 0.29) is 31.5 Å². The molecule has 1 amide bonds. The maximum Gasteiger partial charge on any atom is 0.306 e. The van der Waals surface area contributed by atoms with Crippen LogP contribution in [0.1, 0.15) is 361 Å². The molecule has 1 N–H and O–H groups in total. The standard InChI is InChI=1S/C72H139N2O7P/c1-7-10-13-16-19-22-25-28-30-32-34-36-37-39-40-42-44-46-49-52-55-58-61-64-71(75)73-69(68-80-82(77,78)79-67-66-74(4,5)6)70(63-60-57-54-51-48-27-24-21-18-15-12-9-3)81-72(76)65-62-59-56-53-50-47-45-43-41-38-35-33-31-29-26-23-20-17-14-11-8-2/h20,23,29,31,60,63,69-70H,7-19,21-22,24-28,30,32-59,61-62,64-68H2,1-6H3,(H-,73,75,77,78)/b23-20-,31-29-,63-60+. The molecule has 0 aromatic rings. The highest BCUT2D eigenvalue weighted by Crippen LogP contribution is 2.38. The van der Waals surface area contributed by atoms with Crippen LogP contribution in [-0.4, -0.2) is 69.4 Å². The van der Waals surface area contributed by atoms with E-state index in [0.717, 1.165) is 64.2 Å². The molecule has 10 heteroatoms. The fraction of sp³-hybridized carbons (Fsp3) is 0.889. The molecule has 0 fully saturated rings. The normalized spacial score (nSPS) is 13.7. The summed E-state index contributed by atoms with van der Waals surface area (Å²) in [6.07, 6.45) is 76.9. The number of phosphoric acid groups is 1. The van der Waals surface area contributed by atoms with Crippen molar-refractivity contribution in [3.8, 4) is 0 Å². The van der Waals surface area contributed by atoms with E-state index in [1.54, 1.807) is 0 Å². The molecule has 0 aliphatic rings. The van der Waals surface area contributed by atoms with Crippen molar-refractivity contribution >= 4 is 19.7 Å². The van der Waals surface area contributed by atoms with E-state index in [2.05, 4.69) is 50.4 Å². The van der Waals surface area contributed by atoms with Gasteiger partial charge in [0, 0.05) is 12.8 Å². The van der Waals surface area contributed by atoms with Crippen LogP contribution < -0.4 is 10.2 Å². The Morgan fingerprint density at radius 3 is 1.12 bits per heavy atom. The number of nitrogens with one attached hydrogen (secondary N) is 1. The number of hydrogen-bond donors (Lipinski definition) is 1. The molecule has 0 aromatic carbocycles. The summed E-state index contributed by atoms with van der Waals surface area (Å²) in [5.41, 5.74) is 0. The molecule has 0 saturated carbocycles. The predicted octanol–water partition coefficient (Wildman–Crippen LogP) is 22.0. The molecule has 0 saturated heterocycles.